The Morgan fingerprint density at radius 1 is 0.682 bits per heavy atom. The van der Waals surface area contributed by atoms with E-state index in [0.29, 0.717) is 0 Å². The number of hydrogen-bond acceptors (Lipinski definition) is 2. The molecule has 22 heavy (non-hydrogen) atoms. The number of hydrogen-bond donors (Lipinski definition) is 0. The molecule has 6 heteroatoms. The molecule has 0 spiro atoms. The van der Waals surface area contributed by atoms with Crippen LogP contribution in [-0.2, 0) is 8.85 Å². The zero-order chi connectivity index (χ0) is 17.6. The zero-order valence-corrected chi connectivity index (χ0v) is 23.0. The Kier molecular flexibility index (Phi) is 11.8. The van der Waals surface area contributed by atoms with E-state index in [9.17, 15) is 0 Å². The molecule has 2 nitrogen and oxygen atoms in total. The van der Waals surface area contributed by atoms with Gasteiger partial charge in [-0.1, -0.05) is 0 Å². The Hall–Kier alpha value is 1.93. The second-order valence-corrected chi connectivity index (χ2v) is 18.6. The maximum absolute atomic E-state index is 6.49. The van der Waals surface area contributed by atoms with E-state index in [2.05, 4.69) is 53.9 Å². The molecule has 0 fully saturated rings. The van der Waals surface area contributed by atoms with E-state index in [1.54, 1.807) is 0 Å². The first kappa shape index (κ1) is 23.9. The van der Waals surface area contributed by atoms with Crippen molar-refractivity contribution in [3.63, 3.8) is 0 Å². The summed E-state index contributed by atoms with van der Waals surface area (Å²) in [6.45, 7) is 18.5. The molecule has 0 N–H and O–H groups in total. The van der Waals surface area contributed by atoms with Crippen LogP contribution in [0.1, 0.15) is 27.7 Å². The SMILES string of the molecule is CC(C[TeH])C[Si](C)(C)O[C@@H](C)[C@@H](C)O[Si](C)(C)CC(C)C[TeH]. The Morgan fingerprint density at radius 2 is 0.955 bits per heavy atom. The molecule has 0 aliphatic heterocycles. The van der Waals surface area contributed by atoms with E-state index in [1.807, 2.05) is 44.6 Å². The molecule has 0 aliphatic rings. The van der Waals surface area contributed by atoms with Crippen molar-refractivity contribution in [3.05, 3.63) is 0 Å². The van der Waals surface area contributed by atoms with Crippen molar-refractivity contribution in [3.8, 4) is 0 Å². The molecule has 0 saturated carbocycles. The van der Waals surface area contributed by atoms with Gasteiger partial charge in [0, 0.05) is 0 Å². The summed E-state index contributed by atoms with van der Waals surface area (Å²) in [5.41, 5.74) is 0. The molecule has 2 unspecified atom stereocenters. The van der Waals surface area contributed by atoms with Crippen LogP contribution in [0.2, 0.25) is 47.2 Å². The Morgan fingerprint density at radius 3 is 1.18 bits per heavy atom. The van der Waals surface area contributed by atoms with Gasteiger partial charge in [-0.15, -0.1) is 0 Å². The van der Waals surface area contributed by atoms with Crippen molar-refractivity contribution in [2.24, 2.45) is 11.8 Å². The molecule has 0 aromatic heterocycles. The summed E-state index contributed by atoms with van der Waals surface area (Å²) in [4.78, 5) is 0. The standard InChI is InChI=1S/C16H38O2Si2Te2/c1-13(11-21)9-19(5,6)17-15(3)16(4)18-20(7,8)10-14(2)12-22/h13-16,21-22H,9-12H2,1-8H3/t13?,14?,15-,16+. The van der Waals surface area contributed by atoms with Gasteiger partial charge in [0.25, 0.3) is 0 Å². The zero-order valence-electron chi connectivity index (χ0n) is 15.8. The summed E-state index contributed by atoms with van der Waals surface area (Å²) in [6, 6.07) is 2.52. The first-order valence-corrected chi connectivity index (χ1v) is 18.3. The molecule has 134 valence electrons. The third-order valence-electron chi connectivity index (χ3n) is 3.97. The summed E-state index contributed by atoms with van der Waals surface area (Å²) in [7, 11) is -3.16. The average molecular weight is 574 g/mol. The molecule has 0 aromatic carbocycles. The molecule has 0 amide bonds. The van der Waals surface area contributed by atoms with Crippen LogP contribution in [0.3, 0.4) is 0 Å². The molecule has 0 aliphatic carbocycles. The minimum absolute atomic E-state index is 0.210. The summed E-state index contributed by atoms with van der Waals surface area (Å²) >= 11 is 3.85. The molecule has 4 atom stereocenters. The van der Waals surface area contributed by atoms with E-state index in [1.165, 1.54) is 21.0 Å². The van der Waals surface area contributed by atoms with Crippen molar-refractivity contribution in [1.82, 2.24) is 0 Å². The van der Waals surface area contributed by atoms with Crippen molar-refractivity contribution < 1.29 is 8.85 Å². The van der Waals surface area contributed by atoms with Crippen LogP contribution in [0.5, 0.6) is 0 Å². The van der Waals surface area contributed by atoms with Gasteiger partial charge >= 0.3 is 169 Å². The summed E-state index contributed by atoms with van der Waals surface area (Å²) in [5.74, 6) is 1.58. The van der Waals surface area contributed by atoms with Gasteiger partial charge in [0.05, 0.1) is 0 Å². The average Bonchev–Trinajstić information content (AvgIpc) is 2.35. The van der Waals surface area contributed by atoms with Crippen LogP contribution < -0.4 is 0 Å². The third kappa shape index (κ3) is 10.7. The fraction of sp³-hybridized carbons (Fsp3) is 1.00. The van der Waals surface area contributed by atoms with Crippen LogP contribution in [0, 0.1) is 11.8 Å². The minimum atomic E-state index is -1.58. The fourth-order valence-corrected chi connectivity index (χ4v) is 11.5. The van der Waals surface area contributed by atoms with E-state index in [0.717, 1.165) is 11.8 Å². The van der Waals surface area contributed by atoms with E-state index in [-0.39, 0.29) is 12.2 Å². The van der Waals surface area contributed by atoms with Crippen LogP contribution in [0.15, 0.2) is 0 Å². The predicted molar refractivity (Wildman–Crippen MR) is 108 cm³/mol. The van der Waals surface area contributed by atoms with Gasteiger partial charge in [-0.25, -0.2) is 0 Å². The molecule has 0 rings (SSSR count). The molecule has 0 radical (unpaired) electrons. The second-order valence-electron chi connectivity index (χ2n) is 8.15. The Bertz CT molecular complexity index is 285. The molecule has 0 heterocycles. The van der Waals surface area contributed by atoms with E-state index in [4.69, 9.17) is 8.85 Å². The van der Waals surface area contributed by atoms with Crippen molar-refractivity contribution >= 4 is 61.2 Å². The first-order chi connectivity index (χ1) is 9.92. The van der Waals surface area contributed by atoms with Gasteiger partial charge < -0.3 is 0 Å². The van der Waals surface area contributed by atoms with Crippen LogP contribution in [-0.4, -0.2) is 73.4 Å². The van der Waals surface area contributed by atoms with Gasteiger partial charge in [0.2, 0.25) is 0 Å². The predicted octanol–water partition coefficient (Wildman–Crippen LogP) is 4.12. The quantitative estimate of drug-likeness (QED) is 0.347. The monoisotopic (exact) mass is 578 g/mol. The van der Waals surface area contributed by atoms with Crippen molar-refractivity contribution in [2.75, 3.05) is 0 Å². The van der Waals surface area contributed by atoms with Gasteiger partial charge in [-0.3, -0.25) is 0 Å². The number of rotatable bonds is 11. The summed E-state index contributed by atoms with van der Waals surface area (Å²) < 4.78 is 15.6. The second kappa shape index (κ2) is 10.8. The molecule has 0 bridgehead atoms. The molecule has 0 saturated heterocycles. The van der Waals surface area contributed by atoms with Crippen LogP contribution in [0.25, 0.3) is 0 Å². The van der Waals surface area contributed by atoms with Gasteiger partial charge in [0.1, 0.15) is 0 Å². The molecular weight excluding hydrogens is 536 g/mol. The topological polar surface area (TPSA) is 18.5 Å². The maximum atomic E-state index is 6.49. The van der Waals surface area contributed by atoms with Crippen molar-refractivity contribution in [1.29, 1.82) is 0 Å². The van der Waals surface area contributed by atoms with Crippen molar-refractivity contribution in [2.45, 2.75) is 87.1 Å². The van der Waals surface area contributed by atoms with Gasteiger partial charge in [-0.05, 0) is 0 Å². The summed E-state index contributed by atoms with van der Waals surface area (Å²) in [5, 5.41) is 0. The third-order valence-corrected chi connectivity index (χ3v) is 12.9. The van der Waals surface area contributed by atoms with E-state index < -0.39 is 16.6 Å². The van der Waals surface area contributed by atoms with Gasteiger partial charge in [0.15, 0.2) is 0 Å². The Balaban J connectivity index is 4.50. The summed E-state index contributed by atoms with van der Waals surface area (Å²) in [6.07, 6.45) is 0.421. The fourth-order valence-electron chi connectivity index (χ4n) is 3.10. The first-order valence-electron chi connectivity index (χ1n) is 8.49. The Labute approximate surface area is 167 Å². The normalized spacial score (nSPS) is 18.8. The molecular formula is C16H38O2Si2Te2. The molecule has 0 aromatic rings. The van der Waals surface area contributed by atoms with Crippen LogP contribution in [0.4, 0.5) is 0 Å². The van der Waals surface area contributed by atoms with Gasteiger partial charge in [-0.2, -0.15) is 0 Å². The van der Waals surface area contributed by atoms with Crippen LogP contribution >= 0.6 is 0 Å². The van der Waals surface area contributed by atoms with E-state index >= 15 is 0 Å².